The van der Waals surface area contributed by atoms with Crippen molar-refractivity contribution in [1.29, 1.82) is 0 Å². The number of imidazole rings is 1. The third-order valence-corrected chi connectivity index (χ3v) is 2.73. The van der Waals surface area contributed by atoms with Crippen LogP contribution < -0.4 is 16.5 Å². The van der Waals surface area contributed by atoms with Gasteiger partial charge in [-0.05, 0) is 11.6 Å². The second kappa shape index (κ2) is 5.29. The largest absolute Gasteiger partial charge is 0.480 e. The Morgan fingerprint density at radius 1 is 1.43 bits per heavy atom. The van der Waals surface area contributed by atoms with Crippen LogP contribution in [0, 0.1) is 0 Å². The number of aliphatic carboxylic acids is 1. The second-order valence-corrected chi connectivity index (χ2v) is 4.21. The molecule has 9 nitrogen and oxygen atoms in total. The maximum absolute atomic E-state index is 12.2. The average Bonchev–Trinajstić information content (AvgIpc) is 2.85. The summed E-state index contributed by atoms with van der Waals surface area (Å²) in [5.74, 6) is -1.21. The molecule has 0 aliphatic carbocycles. The molecule has 0 saturated carbocycles. The molecule has 1 N–H and O–H groups in total. The summed E-state index contributed by atoms with van der Waals surface area (Å²) in [6.07, 6.45) is 1.85. The third-order valence-electron chi connectivity index (χ3n) is 2.56. The molecule has 0 saturated heterocycles. The first-order chi connectivity index (χ1) is 9.84. The number of hydrogen-bond acceptors (Lipinski definition) is 6. The number of carboxylic acid groups (broad SMARTS) is 1. The number of carboxylic acids is 1. The maximum Gasteiger partial charge on any atom is 0.325 e. The first kappa shape index (κ1) is 14.6. The molecule has 0 spiro atoms. The molecule has 0 aliphatic heterocycles. The van der Waals surface area contributed by atoms with E-state index in [1.165, 1.54) is 0 Å². The summed E-state index contributed by atoms with van der Waals surface area (Å²) >= 11 is 5.29. The van der Waals surface area contributed by atoms with E-state index in [0.29, 0.717) is 0 Å². The molecular weight excluding hydrogens is 304 g/mol. The van der Waals surface area contributed by atoms with Gasteiger partial charge in [-0.3, -0.25) is 33.1 Å². The molecule has 10 heteroatoms. The number of fused-ring (bicyclic) bond motifs is 1. The van der Waals surface area contributed by atoms with Gasteiger partial charge in [0.1, 0.15) is 23.7 Å². The predicted molar refractivity (Wildman–Crippen MR) is 73.0 cm³/mol. The van der Waals surface area contributed by atoms with Gasteiger partial charge < -0.3 is 5.11 Å². The van der Waals surface area contributed by atoms with E-state index in [9.17, 15) is 19.2 Å². The van der Waals surface area contributed by atoms with Crippen LogP contribution >= 0.6 is 11.6 Å². The fraction of sp³-hybridized carbons (Fsp3) is 0.0909. The van der Waals surface area contributed by atoms with E-state index in [4.69, 9.17) is 16.7 Å². The molecule has 2 rings (SSSR count). The van der Waals surface area contributed by atoms with Crippen molar-refractivity contribution in [3.05, 3.63) is 38.1 Å². The number of aromatic nitrogens is 3. The molecule has 0 unspecified atom stereocenters. The number of hydrogen-bond donors (Lipinski definition) is 1. The minimum absolute atomic E-state index is 0.257. The summed E-state index contributed by atoms with van der Waals surface area (Å²) < 4.78 is 1.59. The van der Waals surface area contributed by atoms with Gasteiger partial charge in [-0.2, -0.15) is 0 Å². The van der Waals surface area contributed by atoms with E-state index in [1.807, 2.05) is 0 Å². The Balaban J connectivity index is 2.81. The lowest BCUT2D eigenvalue weighted by Crippen LogP contribution is -2.46. The Morgan fingerprint density at radius 2 is 2.10 bits per heavy atom. The van der Waals surface area contributed by atoms with Crippen LogP contribution in [0.15, 0.2) is 20.9 Å². The fourth-order valence-corrected chi connectivity index (χ4v) is 1.79. The zero-order valence-corrected chi connectivity index (χ0v) is 11.1. The quantitative estimate of drug-likeness (QED) is 0.409. The van der Waals surface area contributed by atoms with Gasteiger partial charge in [0.05, 0.1) is 6.34 Å². The zero-order valence-electron chi connectivity index (χ0n) is 10.3. The van der Waals surface area contributed by atoms with Gasteiger partial charge in [0, 0.05) is 0 Å². The first-order valence-electron chi connectivity index (χ1n) is 5.40. The minimum atomic E-state index is -1.21. The molecule has 21 heavy (non-hydrogen) atoms. The van der Waals surface area contributed by atoms with Crippen molar-refractivity contribution in [3.8, 4) is 0 Å². The molecule has 0 atom stereocenters. The maximum atomic E-state index is 12.2. The molecule has 0 aromatic carbocycles. The van der Waals surface area contributed by atoms with Gasteiger partial charge in [-0.15, -0.1) is 0 Å². The summed E-state index contributed by atoms with van der Waals surface area (Å²) in [5, 5.41) is 7.23. The highest BCUT2D eigenvalue weighted by Gasteiger charge is 2.18. The van der Waals surface area contributed by atoms with E-state index < -0.39 is 28.9 Å². The Bertz CT molecular complexity index is 942. The van der Waals surface area contributed by atoms with Crippen LogP contribution in [0.3, 0.4) is 0 Å². The number of halogens is 1. The fourth-order valence-electron chi connectivity index (χ4n) is 1.65. The van der Waals surface area contributed by atoms with Gasteiger partial charge in [0.25, 0.3) is 16.4 Å². The smallest absolute Gasteiger partial charge is 0.325 e. The number of aliphatic imine (C=N–C) groups is 1. The van der Waals surface area contributed by atoms with Crippen molar-refractivity contribution in [2.24, 2.45) is 4.99 Å². The van der Waals surface area contributed by atoms with Gasteiger partial charge >= 0.3 is 5.97 Å². The SMILES string of the molecule is C=c1c(=O)n2cnc(C(=O)Cl)c2c(=O)n1/C=N\CC(=O)O. The van der Waals surface area contributed by atoms with Crippen molar-refractivity contribution in [2.45, 2.75) is 0 Å². The van der Waals surface area contributed by atoms with Crippen LogP contribution in [0.2, 0.25) is 0 Å². The van der Waals surface area contributed by atoms with Gasteiger partial charge in [0.2, 0.25) is 0 Å². The lowest BCUT2D eigenvalue weighted by molar-refractivity contribution is -0.135. The zero-order chi connectivity index (χ0) is 15.7. The third kappa shape index (κ3) is 2.46. The van der Waals surface area contributed by atoms with Gasteiger partial charge in [0.15, 0.2) is 5.69 Å². The van der Waals surface area contributed by atoms with Crippen molar-refractivity contribution >= 4 is 41.2 Å². The summed E-state index contributed by atoms with van der Waals surface area (Å²) in [5.41, 5.74) is -2.22. The molecule has 0 fully saturated rings. The Morgan fingerprint density at radius 3 is 2.67 bits per heavy atom. The highest BCUT2D eigenvalue weighted by Crippen LogP contribution is 2.04. The summed E-state index contributed by atoms with van der Waals surface area (Å²) in [6.45, 7) is 2.84. The Kier molecular flexibility index (Phi) is 3.68. The lowest BCUT2D eigenvalue weighted by atomic mass is 10.4. The van der Waals surface area contributed by atoms with E-state index in [-0.39, 0.29) is 16.6 Å². The molecule has 0 amide bonds. The molecule has 0 aliphatic rings. The predicted octanol–water partition coefficient (Wildman–Crippen LogP) is -1.67. The van der Waals surface area contributed by atoms with Crippen molar-refractivity contribution in [3.63, 3.8) is 0 Å². The second-order valence-electron chi connectivity index (χ2n) is 3.86. The monoisotopic (exact) mass is 310 g/mol. The number of nitrogens with zero attached hydrogens (tertiary/aromatic N) is 4. The summed E-state index contributed by atoms with van der Waals surface area (Å²) in [7, 11) is 0. The van der Waals surface area contributed by atoms with E-state index >= 15 is 0 Å². The van der Waals surface area contributed by atoms with Crippen LogP contribution in [0.1, 0.15) is 10.5 Å². The normalized spacial score (nSPS) is 11.3. The molecule has 2 aromatic rings. The lowest BCUT2D eigenvalue weighted by Gasteiger charge is -2.00. The highest BCUT2D eigenvalue weighted by molar-refractivity contribution is 6.68. The molecule has 108 valence electrons. The van der Waals surface area contributed by atoms with Crippen LogP contribution in [0.25, 0.3) is 12.1 Å². The van der Waals surface area contributed by atoms with Gasteiger partial charge in [-0.25, -0.2) is 4.98 Å². The first-order valence-corrected chi connectivity index (χ1v) is 5.78. The van der Waals surface area contributed by atoms with Crippen molar-refractivity contribution in [1.82, 2.24) is 14.0 Å². The van der Waals surface area contributed by atoms with E-state index in [0.717, 1.165) is 21.6 Å². The van der Waals surface area contributed by atoms with Crippen LogP contribution in [-0.4, -0.2) is 43.2 Å². The number of carbonyl (C=O) groups excluding carboxylic acids is 1. The summed E-state index contributed by atoms with van der Waals surface area (Å²) in [4.78, 5) is 52.9. The highest BCUT2D eigenvalue weighted by atomic mass is 35.5. The average molecular weight is 311 g/mol. The van der Waals surface area contributed by atoms with Crippen LogP contribution in [0.5, 0.6) is 0 Å². The van der Waals surface area contributed by atoms with Crippen LogP contribution in [-0.2, 0) is 4.79 Å². The minimum Gasteiger partial charge on any atom is -0.480 e. The molecule has 0 bridgehead atoms. The van der Waals surface area contributed by atoms with E-state index in [1.54, 1.807) is 0 Å². The topological polar surface area (TPSA) is 123 Å². The van der Waals surface area contributed by atoms with Gasteiger partial charge in [-0.1, -0.05) is 6.58 Å². The molecular formula is C11H7ClN4O5. The Hall–Kier alpha value is -2.81. The number of rotatable bonds is 4. The summed E-state index contributed by atoms with van der Waals surface area (Å²) in [6, 6.07) is 0. The van der Waals surface area contributed by atoms with E-state index in [2.05, 4.69) is 16.6 Å². The standard InChI is InChI=1S/C11H7ClN4O5/c1-5-10(20)16-4-14-7(9(12)19)8(16)11(21)15(5)3-13-2-6(17)18/h3-4H,1-2H2,(H,17,18)/b13-3-. The Labute approximate surface area is 120 Å². The molecule has 0 radical (unpaired) electrons. The molecule has 2 aromatic heterocycles. The van der Waals surface area contributed by atoms with Crippen molar-refractivity contribution < 1.29 is 14.7 Å². The number of carbonyl (C=O) groups is 2. The van der Waals surface area contributed by atoms with Crippen LogP contribution in [0.4, 0.5) is 0 Å². The van der Waals surface area contributed by atoms with Crippen molar-refractivity contribution in [2.75, 3.05) is 6.54 Å². The molecule has 2 heterocycles.